The van der Waals surface area contributed by atoms with Gasteiger partial charge in [-0.3, -0.25) is 0 Å². The van der Waals surface area contributed by atoms with Crippen molar-refractivity contribution in [2.24, 2.45) is 0 Å². The van der Waals surface area contributed by atoms with E-state index in [1.165, 1.54) is 11.1 Å². The minimum Gasteiger partial charge on any atom is -0.390 e. The molecular formula is C13H18ClNO2. The lowest BCUT2D eigenvalue weighted by Crippen LogP contribution is -2.54. The summed E-state index contributed by atoms with van der Waals surface area (Å²) >= 11 is 0. The van der Waals surface area contributed by atoms with E-state index in [0.717, 1.165) is 13.0 Å². The summed E-state index contributed by atoms with van der Waals surface area (Å²) in [6.07, 6.45) is 0.441. The normalized spacial score (nSPS) is 35.4. The van der Waals surface area contributed by atoms with Crippen LogP contribution in [0.3, 0.4) is 0 Å². The Morgan fingerprint density at radius 3 is 2.71 bits per heavy atom. The molecule has 0 aromatic heterocycles. The highest BCUT2D eigenvalue weighted by Gasteiger charge is 2.40. The lowest BCUT2D eigenvalue weighted by atomic mass is 9.73. The number of rotatable bonds is 0. The molecule has 1 aliphatic heterocycles. The van der Waals surface area contributed by atoms with Crippen molar-refractivity contribution in [3.8, 4) is 0 Å². The van der Waals surface area contributed by atoms with E-state index in [-0.39, 0.29) is 18.4 Å². The topological polar surface area (TPSA) is 52.5 Å². The Hall–Kier alpha value is -0.610. The summed E-state index contributed by atoms with van der Waals surface area (Å²) in [4.78, 5) is 0. The zero-order valence-electron chi connectivity index (χ0n) is 9.54. The number of fused-ring (bicyclic) bond motifs is 3. The smallest absolute Gasteiger partial charge is 0.0957 e. The molecule has 4 heteroatoms. The van der Waals surface area contributed by atoms with Crippen molar-refractivity contribution in [2.75, 3.05) is 0 Å². The van der Waals surface area contributed by atoms with E-state index in [9.17, 15) is 10.2 Å². The van der Waals surface area contributed by atoms with Crippen LogP contribution in [0.15, 0.2) is 24.3 Å². The van der Waals surface area contributed by atoms with Crippen molar-refractivity contribution >= 4 is 12.4 Å². The molecule has 1 aliphatic carbocycles. The highest BCUT2D eigenvalue weighted by atomic mass is 35.5. The van der Waals surface area contributed by atoms with Crippen LogP contribution in [0, 0.1) is 0 Å². The Kier molecular flexibility index (Phi) is 3.73. The van der Waals surface area contributed by atoms with Crippen LogP contribution in [0.4, 0.5) is 0 Å². The van der Waals surface area contributed by atoms with E-state index >= 15 is 0 Å². The molecule has 3 N–H and O–H groups in total. The summed E-state index contributed by atoms with van der Waals surface area (Å²) in [5, 5.41) is 23.0. The minimum absolute atomic E-state index is 0. The summed E-state index contributed by atoms with van der Waals surface area (Å²) in [6, 6.07) is 8.40. The van der Waals surface area contributed by atoms with Crippen LogP contribution >= 0.6 is 12.4 Å². The molecule has 3 nitrogen and oxygen atoms in total. The second-order valence-corrected chi connectivity index (χ2v) is 4.85. The first kappa shape index (κ1) is 12.8. The van der Waals surface area contributed by atoms with Gasteiger partial charge in [0.15, 0.2) is 0 Å². The van der Waals surface area contributed by atoms with Crippen molar-refractivity contribution in [3.05, 3.63) is 35.4 Å². The Bertz CT molecular complexity index is 399. The van der Waals surface area contributed by atoms with E-state index in [1.807, 2.05) is 0 Å². The third-order valence-electron chi connectivity index (χ3n) is 3.95. The lowest BCUT2D eigenvalue weighted by molar-refractivity contribution is -0.0395. The van der Waals surface area contributed by atoms with Crippen LogP contribution in [0.25, 0.3) is 0 Å². The highest BCUT2D eigenvalue weighted by molar-refractivity contribution is 5.85. The van der Waals surface area contributed by atoms with Crippen molar-refractivity contribution in [3.63, 3.8) is 0 Å². The molecule has 0 bridgehead atoms. The fourth-order valence-electron chi connectivity index (χ4n) is 3.07. The standard InChI is InChI=1S/C13H17NO2.ClH/c15-11-6-5-10-9-4-2-1-3-8(9)7-14-12(10)13(11)16;/h1-4,10-16H,5-7H2;1H/t10-,11+,12+,13+;/m0./s1. The maximum absolute atomic E-state index is 9.99. The number of nitrogens with one attached hydrogen (secondary N) is 1. The van der Waals surface area contributed by atoms with Crippen molar-refractivity contribution < 1.29 is 10.2 Å². The molecule has 1 heterocycles. The number of aliphatic hydroxyl groups excluding tert-OH is 2. The van der Waals surface area contributed by atoms with E-state index in [4.69, 9.17) is 0 Å². The third-order valence-corrected chi connectivity index (χ3v) is 3.95. The molecule has 4 atom stereocenters. The van der Waals surface area contributed by atoms with E-state index in [1.54, 1.807) is 0 Å². The molecular weight excluding hydrogens is 238 g/mol. The number of hydrogen-bond acceptors (Lipinski definition) is 3. The molecule has 1 aromatic rings. The monoisotopic (exact) mass is 255 g/mol. The SMILES string of the molecule is Cl.O[C@H]1[C@@H]2NCc3ccccc3[C@@H]2CC[C@H]1O. The van der Waals surface area contributed by atoms with Crippen molar-refractivity contribution in [2.45, 2.75) is 43.6 Å². The fourth-order valence-corrected chi connectivity index (χ4v) is 3.07. The van der Waals surface area contributed by atoms with Gasteiger partial charge in [0.05, 0.1) is 12.2 Å². The molecule has 3 rings (SSSR count). The van der Waals surface area contributed by atoms with Gasteiger partial charge in [-0.1, -0.05) is 24.3 Å². The number of aliphatic hydroxyl groups is 2. The van der Waals surface area contributed by atoms with Crippen LogP contribution in [-0.2, 0) is 6.54 Å². The van der Waals surface area contributed by atoms with E-state index in [2.05, 4.69) is 29.6 Å². The molecule has 0 radical (unpaired) electrons. The van der Waals surface area contributed by atoms with Crippen LogP contribution in [0.5, 0.6) is 0 Å². The molecule has 1 fully saturated rings. The third kappa shape index (κ3) is 2.08. The molecule has 2 aliphatic rings. The molecule has 1 saturated carbocycles. The quantitative estimate of drug-likeness (QED) is 0.653. The molecule has 0 unspecified atom stereocenters. The first-order chi connectivity index (χ1) is 7.77. The Morgan fingerprint density at radius 1 is 1.12 bits per heavy atom. The number of halogens is 1. The van der Waals surface area contributed by atoms with Crippen LogP contribution in [0.2, 0.25) is 0 Å². The van der Waals surface area contributed by atoms with Crippen molar-refractivity contribution in [1.29, 1.82) is 0 Å². The number of benzene rings is 1. The van der Waals surface area contributed by atoms with Gasteiger partial charge in [0.2, 0.25) is 0 Å². The van der Waals surface area contributed by atoms with E-state index in [0.29, 0.717) is 12.3 Å². The molecule has 1 aromatic carbocycles. The van der Waals surface area contributed by atoms with Gasteiger partial charge in [-0.25, -0.2) is 0 Å². The maximum Gasteiger partial charge on any atom is 0.0957 e. The summed E-state index contributed by atoms with van der Waals surface area (Å²) < 4.78 is 0. The highest BCUT2D eigenvalue weighted by Crippen LogP contribution is 2.37. The van der Waals surface area contributed by atoms with Gasteiger partial charge < -0.3 is 15.5 Å². The second kappa shape index (κ2) is 4.94. The molecule has 0 amide bonds. The fraction of sp³-hybridized carbons (Fsp3) is 0.538. The first-order valence-electron chi connectivity index (χ1n) is 5.94. The number of hydrogen-bond donors (Lipinski definition) is 3. The van der Waals surface area contributed by atoms with Crippen molar-refractivity contribution in [1.82, 2.24) is 5.32 Å². The average molecular weight is 256 g/mol. The molecule has 0 saturated heterocycles. The minimum atomic E-state index is -0.632. The Morgan fingerprint density at radius 2 is 1.88 bits per heavy atom. The zero-order valence-corrected chi connectivity index (χ0v) is 10.4. The predicted octanol–water partition coefficient (Wildman–Crippen LogP) is 1.18. The van der Waals surface area contributed by atoms with Crippen LogP contribution < -0.4 is 5.32 Å². The summed E-state index contributed by atoms with van der Waals surface area (Å²) in [6.45, 7) is 0.793. The van der Waals surface area contributed by atoms with E-state index < -0.39 is 12.2 Å². The Balaban J connectivity index is 0.00000108. The van der Waals surface area contributed by atoms with Gasteiger partial charge in [0.25, 0.3) is 0 Å². The summed E-state index contributed by atoms with van der Waals surface area (Å²) in [5.74, 6) is 0.350. The zero-order chi connectivity index (χ0) is 11.1. The molecule has 17 heavy (non-hydrogen) atoms. The second-order valence-electron chi connectivity index (χ2n) is 4.85. The van der Waals surface area contributed by atoms with Gasteiger partial charge in [-0.2, -0.15) is 0 Å². The summed E-state index contributed by atoms with van der Waals surface area (Å²) in [5.41, 5.74) is 2.67. The van der Waals surface area contributed by atoms with Gasteiger partial charge in [-0.15, -0.1) is 12.4 Å². The van der Waals surface area contributed by atoms with Crippen LogP contribution in [0.1, 0.15) is 29.9 Å². The maximum atomic E-state index is 9.99. The molecule has 94 valence electrons. The molecule has 0 spiro atoms. The lowest BCUT2D eigenvalue weighted by Gasteiger charge is -2.43. The largest absolute Gasteiger partial charge is 0.390 e. The van der Waals surface area contributed by atoms with Gasteiger partial charge >= 0.3 is 0 Å². The average Bonchev–Trinajstić information content (AvgIpc) is 2.33. The van der Waals surface area contributed by atoms with Gasteiger partial charge in [0, 0.05) is 18.5 Å². The Labute approximate surface area is 107 Å². The van der Waals surface area contributed by atoms with Gasteiger partial charge in [-0.05, 0) is 24.0 Å². The van der Waals surface area contributed by atoms with Gasteiger partial charge in [0.1, 0.15) is 0 Å². The predicted molar refractivity (Wildman–Crippen MR) is 68.3 cm³/mol. The first-order valence-corrected chi connectivity index (χ1v) is 5.94. The van der Waals surface area contributed by atoms with Crippen LogP contribution in [-0.4, -0.2) is 28.5 Å². The summed E-state index contributed by atoms with van der Waals surface area (Å²) in [7, 11) is 0.